The number of hydrogen-bond donors (Lipinski definition) is 1. The summed E-state index contributed by atoms with van der Waals surface area (Å²) in [6, 6.07) is 6.44. The lowest BCUT2D eigenvalue weighted by atomic mass is 9.82. The van der Waals surface area contributed by atoms with Gasteiger partial charge in [-0.1, -0.05) is 26.0 Å². The highest BCUT2D eigenvalue weighted by molar-refractivity contribution is 5.39. The number of fused-ring (bicyclic) bond motifs is 1. The Kier molecular flexibility index (Phi) is 4.23. The van der Waals surface area contributed by atoms with Crippen molar-refractivity contribution in [2.75, 3.05) is 13.2 Å². The number of ether oxygens (including phenoxy) is 2. The third-order valence-electron chi connectivity index (χ3n) is 4.86. The van der Waals surface area contributed by atoms with Gasteiger partial charge in [-0.05, 0) is 42.4 Å². The summed E-state index contributed by atoms with van der Waals surface area (Å²) < 4.78 is 11.3. The molecule has 2 atom stereocenters. The first-order valence-electron chi connectivity index (χ1n) is 8.14. The molecule has 1 aromatic carbocycles. The Morgan fingerprint density at radius 2 is 2.19 bits per heavy atom. The summed E-state index contributed by atoms with van der Waals surface area (Å²) in [4.78, 5) is 0. The molecule has 2 unspecified atom stereocenters. The van der Waals surface area contributed by atoms with Gasteiger partial charge < -0.3 is 14.6 Å². The Labute approximate surface area is 127 Å². The molecule has 0 radical (unpaired) electrons. The van der Waals surface area contributed by atoms with E-state index in [2.05, 4.69) is 32.0 Å². The van der Waals surface area contributed by atoms with E-state index >= 15 is 0 Å². The van der Waals surface area contributed by atoms with Gasteiger partial charge in [0.1, 0.15) is 5.75 Å². The molecule has 2 aliphatic rings. The third-order valence-corrected chi connectivity index (χ3v) is 4.86. The van der Waals surface area contributed by atoms with E-state index in [4.69, 9.17) is 9.47 Å². The van der Waals surface area contributed by atoms with Gasteiger partial charge in [-0.3, -0.25) is 0 Å². The van der Waals surface area contributed by atoms with E-state index in [1.54, 1.807) is 0 Å². The fraction of sp³-hybridized carbons (Fsp3) is 0.667. The van der Waals surface area contributed by atoms with Crippen molar-refractivity contribution >= 4 is 0 Å². The van der Waals surface area contributed by atoms with Crippen LogP contribution in [-0.2, 0) is 17.6 Å². The van der Waals surface area contributed by atoms with Gasteiger partial charge in [0.2, 0.25) is 0 Å². The molecule has 1 N–H and O–H groups in total. The van der Waals surface area contributed by atoms with Gasteiger partial charge in [-0.2, -0.15) is 0 Å². The summed E-state index contributed by atoms with van der Waals surface area (Å²) >= 11 is 0. The minimum absolute atomic E-state index is 0.192. The predicted octanol–water partition coefficient (Wildman–Crippen LogP) is 3.12. The molecule has 2 heterocycles. The van der Waals surface area contributed by atoms with Gasteiger partial charge in [0.15, 0.2) is 0 Å². The first-order valence-corrected chi connectivity index (χ1v) is 8.14. The van der Waals surface area contributed by atoms with Gasteiger partial charge in [-0.15, -0.1) is 0 Å². The van der Waals surface area contributed by atoms with Crippen LogP contribution in [0.1, 0.15) is 44.2 Å². The zero-order valence-electron chi connectivity index (χ0n) is 13.1. The maximum absolute atomic E-state index is 10.8. The molecule has 0 bridgehead atoms. The normalized spacial score (nSPS) is 28.5. The number of aryl methyl sites for hydroxylation is 1. The monoisotopic (exact) mass is 290 g/mol. The van der Waals surface area contributed by atoms with Crippen LogP contribution in [0.2, 0.25) is 0 Å². The Hall–Kier alpha value is -1.06. The molecule has 1 fully saturated rings. The Balaban J connectivity index is 1.61. The molecule has 0 spiro atoms. The molecule has 116 valence electrons. The van der Waals surface area contributed by atoms with E-state index in [1.165, 1.54) is 11.1 Å². The highest BCUT2D eigenvalue weighted by Crippen LogP contribution is 2.33. The zero-order valence-corrected chi connectivity index (χ0v) is 13.1. The topological polar surface area (TPSA) is 38.7 Å². The Morgan fingerprint density at radius 1 is 1.33 bits per heavy atom. The first-order chi connectivity index (χ1) is 10.1. The fourth-order valence-electron chi connectivity index (χ4n) is 3.36. The first kappa shape index (κ1) is 14.9. The van der Waals surface area contributed by atoms with Crippen molar-refractivity contribution in [3.8, 4) is 5.75 Å². The summed E-state index contributed by atoms with van der Waals surface area (Å²) in [5, 5.41) is 10.8. The van der Waals surface area contributed by atoms with Crippen LogP contribution in [0.3, 0.4) is 0 Å². The zero-order chi connectivity index (χ0) is 14.9. The SMILES string of the molecule is CC(C)C1CC(O)(CCc2ccc3c(c2)CCO3)CCO1. The van der Waals surface area contributed by atoms with E-state index in [0.29, 0.717) is 12.5 Å². The number of rotatable bonds is 4. The lowest BCUT2D eigenvalue weighted by Gasteiger charge is -2.38. The maximum Gasteiger partial charge on any atom is 0.122 e. The highest BCUT2D eigenvalue weighted by Gasteiger charge is 2.35. The van der Waals surface area contributed by atoms with Crippen LogP contribution in [0, 0.1) is 5.92 Å². The summed E-state index contributed by atoms with van der Waals surface area (Å²) in [5.41, 5.74) is 2.05. The Morgan fingerprint density at radius 3 is 3.00 bits per heavy atom. The average molecular weight is 290 g/mol. The van der Waals surface area contributed by atoms with Crippen molar-refractivity contribution in [2.45, 2.75) is 57.7 Å². The van der Waals surface area contributed by atoms with E-state index in [-0.39, 0.29) is 6.10 Å². The van der Waals surface area contributed by atoms with Crippen molar-refractivity contribution in [3.63, 3.8) is 0 Å². The maximum atomic E-state index is 10.8. The van der Waals surface area contributed by atoms with Crippen molar-refractivity contribution in [3.05, 3.63) is 29.3 Å². The molecule has 3 heteroatoms. The molecule has 1 saturated heterocycles. The highest BCUT2D eigenvalue weighted by atomic mass is 16.5. The summed E-state index contributed by atoms with van der Waals surface area (Å²) in [5.74, 6) is 1.50. The second kappa shape index (κ2) is 5.98. The summed E-state index contributed by atoms with van der Waals surface area (Å²) in [6.45, 7) is 5.81. The van der Waals surface area contributed by atoms with Crippen LogP contribution in [0.25, 0.3) is 0 Å². The van der Waals surface area contributed by atoms with Crippen LogP contribution < -0.4 is 4.74 Å². The molecular weight excluding hydrogens is 264 g/mol. The largest absolute Gasteiger partial charge is 0.493 e. The Bertz CT molecular complexity index is 497. The lowest BCUT2D eigenvalue weighted by Crippen LogP contribution is -2.43. The molecule has 0 aromatic heterocycles. The molecular formula is C18H26O3. The van der Waals surface area contributed by atoms with Crippen LogP contribution in [0.5, 0.6) is 5.75 Å². The van der Waals surface area contributed by atoms with Crippen LogP contribution in [0.4, 0.5) is 0 Å². The smallest absolute Gasteiger partial charge is 0.122 e. The third kappa shape index (κ3) is 3.41. The minimum atomic E-state index is -0.567. The van der Waals surface area contributed by atoms with Crippen LogP contribution in [0.15, 0.2) is 18.2 Å². The van der Waals surface area contributed by atoms with E-state index in [1.807, 2.05) is 0 Å². The molecule has 0 saturated carbocycles. The second-order valence-corrected chi connectivity index (χ2v) is 6.87. The van der Waals surface area contributed by atoms with Gasteiger partial charge in [0, 0.05) is 19.4 Å². The van der Waals surface area contributed by atoms with E-state index < -0.39 is 5.60 Å². The summed E-state index contributed by atoms with van der Waals surface area (Å²) in [7, 11) is 0. The summed E-state index contributed by atoms with van der Waals surface area (Å²) in [6.07, 6.45) is 4.46. The molecule has 2 aliphatic heterocycles. The van der Waals surface area contributed by atoms with Gasteiger partial charge >= 0.3 is 0 Å². The van der Waals surface area contributed by atoms with Crippen molar-refractivity contribution in [1.82, 2.24) is 0 Å². The second-order valence-electron chi connectivity index (χ2n) is 6.87. The van der Waals surface area contributed by atoms with E-state index in [9.17, 15) is 5.11 Å². The predicted molar refractivity (Wildman–Crippen MR) is 82.7 cm³/mol. The lowest BCUT2D eigenvalue weighted by molar-refractivity contribution is -0.119. The molecule has 1 aromatic rings. The molecule has 3 rings (SSSR count). The van der Waals surface area contributed by atoms with E-state index in [0.717, 1.165) is 44.5 Å². The molecule has 3 nitrogen and oxygen atoms in total. The quantitative estimate of drug-likeness (QED) is 0.926. The van der Waals surface area contributed by atoms with Gasteiger partial charge in [-0.25, -0.2) is 0 Å². The standard InChI is InChI=1S/C18H26O3/c1-13(2)17-12-18(19,8-10-21-17)7-5-14-3-4-16-15(11-14)6-9-20-16/h3-4,11,13,17,19H,5-10,12H2,1-2H3. The van der Waals surface area contributed by atoms with Crippen LogP contribution in [-0.4, -0.2) is 30.0 Å². The minimum Gasteiger partial charge on any atom is -0.493 e. The number of hydrogen-bond acceptors (Lipinski definition) is 3. The molecule has 0 aliphatic carbocycles. The fourth-order valence-corrected chi connectivity index (χ4v) is 3.36. The molecule has 0 amide bonds. The van der Waals surface area contributed by atoms with Gasteiger partial charge in [0.05, 0.1) is 18.3 Å². The van der Waals surface area contributed by atoms with Crippen molar-refractivity contribution in [1.29, 1.82) is 0 Å². The van der Waals surface area contributed by atoms with Crippen molar-refractivity contribution < 1.29 is 14.6 Å². The van der Waals surface area contributed by atoms with Crippen LogP contribution >= 0.6 is 0 Å². The van der Waals surface area contributed by atoms with Crippen molar-refractivity contribution in [2.24, 2.45) is 5.92 Å². The molecule has 21 heavy (non-hydrogen) atoms. The number of benzene rings is 1. The average Bonchev–Trinajstić information content (AvgIpc) is 2.93. The number of aliphatic hydroxyl groups is 1. The van der Waals surface area contributed by atoms with Gasteiger partial charge in [0.25, 0.3) is 0 Å².